The van der Waals surface area contributed by atoms with Crippen LogP contribution < -0.4 is 10.6 Å². The average molecular weight is 367 g/mol. The normalized spacial score (nSPS) is 10.4. The number of rotatable bonds is 6. The molecule has 0 unspecified atom stereocenters. The third-order valence-electron chi connectivity index (χ3n) is 3.84. The van der Waals surface area contributed by atoms with Crippen LogP contribution in [-0.2, 0) is 6.42 Å². The summed E-state index contributed by atoms with van der Waals surface area (Å²) >= 11 is 5.87. The standard InChI is InChI=1S/C20H19ClN4O/c1-14-2-8-17(9-3-14)25-19-12-18(23-13-24-19)20(26)22-11-10-15-4-6-16(21)7-5-15/h2-9,12-13H,10-11H2,1H3,(H,22,26)(H,23,24,25). The summed E-state index contributed by atoms with van der Waals surface area (Å²) in [5, 5.41) is 6.74. The van der Waals surface area contributed by atoms with Crippen molar-refractivity contribution >= 4 is 29.0 Å². The smallest absolute Gasteiger partial charge is 0.270 e. The molecule has 1 heterocycles. The molecule has 1 aromatic heterocycles. The van der Waals surface area contributed by atoms with Crippen LogP contribution in [0, 0.1) is 6.92 Å². The predicted molar refractivity (Wildman–Crippen MR) is 104 cm³/mol. The molecule has 132 valence electrons. The first-order valence-corrected chi connectivity index (χ1v) is 8.66. The molecule has 3 aromatic rings. The Morgan fingerprint density at radius 1 is 1.04 bits per heavy atom. The summed E-state index contributed by atoms with van der Waals surface area (Å²) in [6.45, 7) is 2.55. The van der Waals surface area contributed by atoms with E-state index in [9.17, 15) is 4.79 Å². The molecule has 0 aliphatic heterocycles. The second-order valence-corrected chi connectivity index (χ2v) is 6.35. The van der Waals surface area contributed by atoms with Crippen molar-refractivity contribution in [1.29, 1.82) is 0 Å². The zero-order chi connectivity index (χ0) is 18.4. The van der Waals surface area contributed by atoms with Gasteiger partial charge in [0.15, 0.2) is 0 Å². The Bertz CT molecular complexity index is 879. The number of halogens is 1. The van der Waals surface area contributed by atoms with Crippen molar-refractivity contribution in [3.05, 3.63) is 82.8 Å². The summed E-state index contributed by atoms with van der Waals surface area (Å²) in [7, 11) is 0. The van der Waals surface area contributed by atoms with Gasteiger partial charge in [0.05, 0.1) is 0 Å². The van der Waals surface area contributed by atoms with Crippen molar-refractivity contribution < 1.29 is 4.79 Å². The lowest BCUT2D eigenvalue weighted by atomic mass is 10.1. The van der Waals surface area contributed by atoms with E-state index in [1.807, 2.05) is 55.5 Å². The largest absolute Gasteiger partial charge is 0.350 e. The van der Waals surface area contributed by atoms with E-state index in [0.29, 0.717) is 23.1 Å². The van der Waals surface area contributed by atoms with Crippen LogP contribution in [-0.4, -0.2) is 22.4 Å². The SMILES string of the molecule is Cc1ccc(Nc2cc(C(=O)NCCc3ccc(Cl)cc3)ncn2)cc1. The first-order chi connectivity index (χ1) is 12.6. The van der Waals surface area contributed by atoms with Crippen molar-refractivity contribution in [3.63, 3.8) is 0 Å². The van der Waals surface area contributed by atoms with Gasteiger partial charge in [-0.15, -0.1) is 0 Å². The fourth-order valence-corrected chi connectivity index (χ4v) is 2.52. The third kappa shape index (κ3) is 5.04. The quantitative estimate of drug-likeness (QED) is 0.687. The number of carbonyl (C=O) groups is 1. The number of carbonyl (C=O) groups excluding carboxylic acids is 1. The summed E-state index contributed by atoms with van der Waals surface area (Å²) in [5.74, 6) is 0.347. The van der Waals surface area contributed by atoms with Gasteiger partial charge in [-0.2, -0.15) is 0 Å². The van der Waals surface area contributed by atoms with Gasteiger partial charge >= 0.3 is 0 Å². The molecule has 2 aromatic carbocycles. The van der Waals surface area contributed by atoms with Gasteiger partial charge in [-0.1, -0.05) is 41.4 Å². The fraction of sp³-hybridized carbons (Fsp3) is 0.150. The van der Waals surface area contributed by atoms with Gasteiger partial charge in [-0.3, -0.25) is 4.79 Å². The van der Waals surface area contributed by atoms with Crippen LogP contribution >= 0.6 is 11.6 Å². The minimum atomic E-state index is -0.228. The summed E-state index contributed by atoms with van der Waals surface area (Å²) in [6.07, 6.45) is 2.10. The molecule has 0 saturated heterocycles. The number of hydrogen-bond donors (Lipinski definition) is 2. The van der Waals surface area contributed by atoms with Crippen LogP contribution in [0.2, 0.25) is 5.02 Å². The molecule has 2 N–H and O–H groups in total. The lowest BCUT2D eigenvalue weighted by molar-refractivity contribution is 0.0949. The molecular weight excluding hydrogens is 348 g/mol. The van der Waals surface area contributed by atoms with E-state index in [1.54, 1.807) is 6.07 Å². The van der Waals surface area contributed by atoms with Crippen LogP contribution in [0.5, 0.6) is 0 Å². The zero-order valence-electron chi connectivity index (χ0n) is 14.4. The summed E-state index contributed by atoms with van der Waals surface area (Å²) in [6, 6.07) is 17.1. The lowest BCUT2D eigenvalue weighted by Crippen LogP contribution is -2.26. The minimum Gasteiger partial charge on any atom is -0.350 e. The molecule has 0 aliphatic rings. The number of aryl methyl sites for hydroxylation is 1. The molecule has 0 aliphatic carbocycles. The van der Waals surface area contributed by atoms with E-state index in [-0.39, 0.29) is 5.91 Å². The maximum absolute atomic E-state index is 12.3. The highest BCUT2D eigenvalue weighted by Gasteiger charge is 2.08. The van der Waals surface area contributed by atoms with E-state index in [4.69, 9.17) is 11.6 Å². The summed E-state index contributed by atoms with van der Waals surface area (Å²) < 4.78 is 0. The maximum atomic E-state index is 12.3. The van der Waals surface area contributed by atoms with Crippen LogP contribution in [0.4, 0.5) is 11.5 Å². The average Bonchev–Trinajstić information content (AvgIpc) is 2.65. The Morgan fingerprint density at radius 3 is 2.50 bits per heavy atom. The Kier molecular flexibility index (Phi) is 5.81. The van der Waals surface area contributed by atoms with Crippen molar-refractivity contribution in [3.8, 4) is 0 Å². The van der Waals surface area contributed by atoms with E-state index in [0.717, 1.165) is 17.7 Å². The number of nitrogens with zero attached hydrogens (tertiary/aromatic N) is 2. The van der Waals surface area contributed by atoms with Crippen molar-refractivity contribution in [2.45, 2.75) is 13.3 Å². The number of benzene rings is 2. The molecular formula is C20H19ClN4O. The molecule has 3 rings (SSSR count). The highest BCUT2D eigenvalue weighted by Crippen LogP contribution is 2.15. The molecule has 0 radical (unpaired) electrons. The predicted octanol–water partition coefficient (Wildman–Crippen LogP) is 4.15. The highest BCUT2D eigenvalue weighted by molar-refractivity contribution is 6.30. The molecule has 5 nitrogen and oxygen atoms in total. The van der Waals surface area contributed by atoms with E-state index >= 15 is 0 Å². The van der Waals surface area contributed by atoms with E-state index < -0.39 is 0 Å². The number of nitrogens with one attached hydrogen (secondary N) is 2. The molecule has 0 fully saturated rings. The Morgan fingerprint density at radius 2 is 1.77 bits per heavy atom. The number of hydrogen-bond acceptors (Lipinski definition) is 4. The highest BCUT2D eigenvalue weighted by atomic mass is 35.5. The molecule has 6 heteroatoms. The summed E-state index contributed by atoms with van der Waals surface area (Å²) in [5.41, 5.74) is 3.52. The van der Waals surface area contributed by atoms with Gasteiger partial charge in [0, 0.05) is 23.3 Å². The van der Waals surface area contributed by atoms with Crippen molar-refractivity contribution in [2.24, 2.45) is 0 Å². The Balaban J connectivity index is 1.57. The molecule has 1 amide bonds. The van der Waals surface area contributed by atoms with Gasteiger partial charge in [-0.25, -0.2) is 9.97 Å². The second kappa shape index (κ2) is 8.45. The number of amides is 1. The first-order valence-electron chi connectivity index (χ1n) is 8.28. The Hall–Kier alpha value is -2.92. The van der Waals surface area contributed by atoms with Gasteiger partial charge < -0.3 is 10.6 Å². The van der Waals surface area contributed by atoms with Gasteiger partial charge in [0.25, 0.3) is 5.91 Å². The lowest BCUT2D eigenvalue weighted by Gasteiger charge is -2.08. The van der Waals surface area contributed by atoms with Crippen LogP contribution in [0.1, 0.15) is 21.6 Å². The maximum Gasteiger partial charge on any atom is 0.270 e. The van der Waals surface area contributed by atoms with Crippen LogP contribution in [0.3, 0.4) is 0 Å². The number of anilines is 2. The fourth-order valence-electron chi connectivity index (χ4n) is 2.40. The zero-order valence-corrected chi connectivity index (χ0v) is 15.1. The topological polar surface area (TPSA) is 66.9 Å². The van der Waals surface area contributed by atoms with E-state index in [2.05, 4.69) is 20.6 Å². The van der Waals surface area contributed by atoms with Gasteiger partial charge in [-0.05, 0) is 43.2 Å². The van der Waals surface area contributed by atoms with Gasteiger partial charge in [0.1, 0.15) is 17.8 Å². The molecule has 0 bridgehead atoms. The molecule has 26 heavy (non-hydrogen) atoms. The first kappa shape index (κ1) is 17.9. The van der Waals surface area contributed by atoms with Crippen LogP contribution in [0.25, 0.3) is 0 Å². The van der Waals surface area contributed by atoms with Crippen LogP contribution in [0.15, 0.2) is 60.9 Å². The monoisotopic (exact) mass is 366 g/mol. The third-order valence-corrected chi connectivity index (χ3v) is 4.09. The summed E-state index contributed by atoms with van der Waals surface area (Å²) in [4.78, 5) is 20.5. The van der Waals surface area contributed by atoms with Crippen molar-refractivity contribution in [1.82, 2.24) is 15.3 Å². The van der Waals surface area contributed by atoms with Crippen molar-refractivity contribution in [2.75, 3.05) is 11.9 Å². The minimum absolute atomic E-state index is 0.228. The van der Waals surface area contributed by atoms with E-state index in [1.165, 1.54) is 11.9 Å². The van der Waals surface area contributed by atoms with Gasteiger partial charge in [0.2, 0.25) is 0 Å². The number of aromatic nitrogens is 2. The second-order valence-electron chi connectivity index (χ2n) is 5.91. The Labute approximate surface area is 157 Å². The molecule has 0 saturated carbocycles. The molecule has 0 spiro atoms. The molecule has 0 atom stereocenters.